The maximum absolute atomic E-state index is 12.7. The molecule has 2 heteroatoms. The van der Waals surface area contributed by atoms with Gasteiger partial charge in [-0.1, -0.05) is 13.8 Å². The Morgan fingerprint density at radius 2 is 2.30 bits per heavy atom. The first-order valence-corrected chi connectivity index (χ1v) is 3.96. The van der Waals surface area contributed by atoms with E-state index in [0.29, 0.717) is 6.04 Å². The summed E-state index contributed by atoms with van der Waals surface area (Å²) in [5.74, 6) is 0. The zero-order valence-corrected chi connectivity index (χ0v) is 6.95. The standard InChI is InChI=1S/C8H16FN/c1-4-7(10-3)8(2)5-6(8)9/h6-7,10H,4-5H2,1-3H3. The zero-order valence-electron chi connectivity index (χ0n) is 6.95. The Morgan fingerprint density at radius 1 is 1.80 bits per heavy atom. The lowest BCUT2D eigenvalue weighted by Crippen LogP contribution is -2.34. The summed E-state index contributed by atoms with van der Waals surface area (Å²) in [6, 6.07) is 0.363. The molecule has 0 heterocycles. The summed E-state index contributed by atoms with van der Waals surface area (Å²) in [7, 11) is 1.91. The highest BCUT2D eigenvalue weighted by atomic mass is 19.1. The van der Waals surface area contributed by atoms with E-state index in [1.165, 1.54) is 0 Å². The minimum absolute atomic E-state index is 0.0521. The average Bonchev–Trinajstić information content (AvgIpc) is 2.44. The maximum Gasteiger partial charge on any atom is 0.108 e. The van der Waals surface area contributed by atoms with Crippen molar-refractivity contribution >= 4 is 0 Å². The SMILES string of the molecule is CCC(NC)C1(C)CC1F. The van der Waals surface area contributed by atoms with Gasteiger partial charge in [0.05, 0.1) is 0 Å². The van der Waals surface area contributed by atoms with Crippen LogP contribution in [-0.4, -0.2) is 19.3 Å². The van der Waals surface area contributed by atoms with Crippen LogP contribution in [0.4, 0.5) is 4.39 Å². The molecule has 3 atom stereocenters. The summed E-state index contributed by atoms with van der Waals surface area (Å²) >= 11 is 0. The molecule has 0 amide bonds. The number of rotatable bonds is 3. The number of halogens is 1. The van der Waals surface area contributed by atoms with Crippen molar-refractivity contribution in [3.8, 4) is 0 Å². The monoisotopic (exact) mass is 145 g/mol. The molecule has 0 bridgehead atoms. The summed E-state index contributed by atoms with van der Waals surface area (Å²) in [5, 5.41) is 3.14. The fourth-order valence-corrected chi connectivity index (χ4v) is 1.69. The van der Waals surface area contributed by atoms with Gasteiger partial charge in [-0.05, 0) is 19.9 Å². The third-order valence-corrected chi connectivity index (χ3v) is 2.73. The molecule has 1 fully saturated rings. The molecular weight excluding hydrogens is 129 g/mol. The maximum atomic E-state index is 12.7. The Hall–Kier alpha value is -0.110. The van der Waals surface area contributed by atoms with Gasteiger partial charge in [0.1, 0.15) is 6.17 Å². The van der Waals surface area contributed by atoms with Crippen molar-refractivity contribution in [1.29, 1.82) is 0 Å². The minimum atomic E-state index is -0.565. The molecule has 60 valence electrons. The van der Waals surface area contributed by atoms with E-state index in [9.17, 15) is 4.39 Å². The van der Waals surface area contributed by atoms with E-state index < -0.39 is 6.17 Å². The summed E-state index contributed by atoms with van der Waals surface area (Å²) in [6.07, 6.45) is 1.20. The lowest BCUT2D eigenvalue weighted by molar-refractivity contribution is 0.294. The Labute approximate surface area is 62.0 Å². The molecule has 0 aliphatic heterocycles. The molecule has 0 aromatic heterocycles. The van der Waals surface area contributed by atoms with Gasteiger partial charge in [-0.15, -0.1) is 0 Å². The van der Waals surface area contributed by atoms with E-state index in [0.717, 1.165) is 12.8 Å². The molecule has 1 nitrogen and oxygen atoms in total. The molecule has 3 unspecified atom stereocenters. The van der Waals surface area contributed by atoms with Gasteiger partial charge in [0, 0.05) is 11.5 Å². The normalized spacial score (nSPS) is 41.4. The van der Waals surface area contributed by atoms with Crippen LogP contribution in [0.3, 0.4) is 0 Å². The topological polar surface area (TPSA) is 12.0 Å². The van der Waals surface area contributed by atoms with Crippen LogP contribution in [0.25, 0.3) is 0 Å². The van der Waals surface area contributed by atoms with E-state index in [4.69, 9.17) is 0 Å². The first kappa shape index (κ1) is 7.99. The molecule has 0 spiro atoms. The molecule has 0 saturated heterocycles. The van der Waals surface area contributed by atoms with Crippen molar-refractivity contribution in [2.24, 2.45) is 5.41 Å². The summed E-state index contributed by atoms with van der Waals surface area (Å²) in [4.78, 5) is 0. The summed E-state index contributed by atoms with van der Waals surface area (Å²) in [6.45, 7) is 4.11. The third kappa shape index (κ3) is 1.05. The number of nitrogens with one attached hydrogen (secondary N) is 1. The fraction of sp³-hybridized carbons (Fsp3) is 1.00. The molecule has 1 rings (SSSR count). The van der Waals surface area contributed by atoms with E-state index in [-0.39, 0.29) is 5.41 Å². The largest absolute Gasteiger partial charge is 0.316 e. The first-order chi connectivity index (χ1) is 4.65. The highest BCUT2D eigenvalue weighted by Gasteiger charge is 2.55. The molecule has 1 N–H and O–H groups in total. The lowest BCUT2D eigenvalue weighted by Gasteiger charge is -2.20. The van der Waals surface area contributed by atoms with Gasteiger partial charge in [-0.25, -0.2) is 4.39 Å². The van der Waals surface area contributed by atoms with Crippen molar-refractivity contribution in [1.82, 2.24) is 5.32 Å². The molecular formula is C8H16FN. The number of alkyl halides is 1. The fourth-order valence-electron chi connectivity index (χ4n) is 1.69. The number of hydrogen-bond acceptors (Lipinski definition) is 1. The van der Waals surface area contributed by atoms with Crippen LogP contribution in [0.2, 0.25) is 0 Å². The molecule has 0 aromatic carbocycles. The average molecular weight is 145 g/mol. The second-order valence-corrected chi connectivity index (χ2v) is 3.43. The van der Waals surface area contributed by atoms with Crippen molar-refractivity contribution < 1.29 is 4.39 Å². The van der Waals surface area contributed by atoms with E-state index >= 15 is 0 Å². The third-order valence-electron chi connectivity index (χ3n) is 2.73. The lowest BCUT2D eigenvalue weighted by atomic mass is 9.97. The predicted octanol–water partition coefficient (Wildman–Crippen LogP) is 1.73. The quantitative estimate of drug-likeness (QED) is 0.637. The number of hydrogen-bond donors (Lipinski definition) is 1. The van der Waals surface area contributed by atoms with Crippen LogP contribution in [0, 0.1) is 5.41 Å². The molecule has 1 saturated carbocycles. The van der Waals surface area contributed by atoms with Gasteiger partial charge in [0.15, 0.2) is 0 Å². The van der Waals surface area contributed by atoms with Crippen LogP contribution in [0.15, 0.2) is 0 Å². The van der Waals surface area contributed by atoms with Crippen molar-refractivity contribution in [2.45, 2.75) is 38.9 Å². The van der Waals surface area contributed by atoms with Crippen molar-refractivity contribution in [3.05, 3.63) is 0 Å². The molecule has 0 aromatic rings. The second kappa shape index (κ2) is 2.50. The molecule has 0 radical (unpaired) electrons. The molecule has 10 heavy (non-hydrogen) atoms. The van der Waals surface area contributed by atoms with Crippen LogP contribution >= 0.6 is 0 Å². The second-order valence-electron chi connectivity index (χ2n) is 3.43. The van der Waals surface area contributed by atoms with Crippen LogP contribution in [0.5, 0.6) is 0 Å². The Kier molecular flexibility index (Phi) is 1.99. The van der Waals surface area contributed by atoms with Crippen LogP contribution < -0.4 is 5.32 Å². The van der Waals surface area contributed by atoms with Crippen molar-refractivity contribution in [3.63, 3.8) is 0 Å². The Morgan fingerprint density at radius 3 is 2.40 bits per heavy atom. The minimum Gasteiger partial charge on any atom is -0.316 e. The van der Waals surface area contributed by atoms with Gasteiger partial charge in [0.25, 0.3) is 0 Å². The molecule has 1 aliphatic rings. The van der Waals surface area contributed by atoms with Crippen molar-refractivity contribution in [2.75, 3.05) is 7.05 Å². The molecule has 1 aliphatic carbocycles. The van der Waals surface area contributed by atoms with Gasteiger partial charge >= 0.3 is 0 Å². The summed E-state index contributed by atoms with van der Waals surface area (Å²) in [5.41, 5.74) is -0.0521. The van der Waals surface area contributed by atoms with Gasteiger partial charge in [-0.3, -0.25) is 0 Å². The Bertz CT molecular complexity index is 122. The van der Waals surface area contributed by atoms with Crippen LogP contribution in [-0.2, 0) is 0 Å². The zero-order chi connectivity index (χ0) is 7.78. The summed E-state index contributed by atoms with van der Waals surface area (Å²) < 4.78 is 12.7. The highest BCUT2D eigenvalue weighted by molar-refractivity contribution is 5.06. The smallest absolute Gasteiger partial charge is 0.108 e. The van der Waals surface area contributed by atoms with Gasteiger partial charge < -0.3 is 5.32 Å². The van der Waals surface area contributed by atoms with E-state index in [1.807, 2.05) is 14.0 Å². The predicted molar refractivity (Wildman–Crippen MR) is 40.8 cm³/mol. The van der Waals surface area contributed by atoms with E-state index in [2.05, 4.69) is 12.2 Å². The van der Waals surface area contributed by atoms with Crippen LogP contribution in [0.1, 0.15) is 26.7 Å². The van der Waals surface area contributed by atoms with E-state index in [1.54, 1.807) is 0 Å². The Balaban J connectivity index is 2.46. The first-order valence-electron chi connectivity index (χ1n) is 3.96. The highest BCUT2D eigenvalue weighted by Crippen LogP contribution is 2.51. The van der Waals surface area contributed by atoms with Gasteiger partial charge in [0.2, 0.25) is 0 Å². The van der Waals surface area contributed by atoms with Gasteiger partial charge in [-0.2, -0.15) is 0 Å².